The van der Waals surface area contributed by atoms with Gasteiger partial charge >= 0.3 is 0 Å². The lowest BCUT2D eigenvalue weighted by atomic mass is 10.0. The molecule has 2 aromatic heterocycles. The van der Waals surface area contributed by atoms with Crippen molar-refractivity contribution in [1.82, 2.24) is 14.5 Å². The SMILES string of the molecule is COc1ccc(CN=Cc2c(O)[nH]c(=O)c3ccc(/C=C/n4ccnc4)cc23)cc1O. The summed E-state index contributed by atoms with van der Waals surface area (Å²) in [5, 5.41) is 21.3. The number of aromatic nitrogens is 3. The van der Waals surface area contributed by atoms with E-state index in [4.69, 9.17) is 4.74 Å². The fourth-order valence-corrected chi connectivity index (χ4v) is 3.19. The molecule has 0 aliphatic heterocycles. The number of phenols is 1. The van der Waals surface area contributed by atoms with Gasteiger partial charge in [-0.3, -0.25) is 14.8 Å². The number of aliphatic imine (C=N–C) groups is 1. The largest absolute Gasteiger partial charge is 0.504 e. The van der Waals surface area contributed by atoms with Crippen LogP contribution in [0.1, 0.15) is 16.7 Å². The average Bonchev–Trinajstić information content (AvgIpc) is 3.28. The van der Waals surface area contributed by atoms with Crippen LogP contribution in [-0.4, -0.2) is 38.1 Å². The Bertz CT molecular complexity index is 1340. The van der Waals surface area contributed by atoms with Gasteiger partial charge in [-0.05, 0) is 41.5 Å². The van der Waals surface area contributed by atoms with Gasteiger partial charge in [-0.2, -0.15) is 0 Å². The lowest BCUT2D eigenvalue weighted by Crippen LogP contribution is -2.08. The summed E-state index contributed by atoms with van der Waals surface area (Å²) < 4.78 is 6.84. The highest BCUT2D eigenvalue weighted by Gasteiger charge is 2.10. The monoisotopic (exact) mass is 416 g/mol. The van der Waals surface area contributed by atoms with Crippen LogP contribution in [0.3, 0.4) is 0 Å². The Kier molecular flexibility index (Phi) is 5.53. The number of methoxy groups -OCH3 is 1. The molecule has 0 saturated heterocycles. The van der Waals surface area contributed by atoms with Crippen molar-refractivity contribution in [3.05, 3.63) is 82.2 Å². The highest BCUT2D eigenvalue weighted by atomic mass is 16.5. The van der Waals surface area contributed by atoms with Gasteiger partial charge in [0.1, 0.15) is 0 Å². The van der Waals surface area contributed by atoms with Crippen molar-refractivity contribution < 1.29 is 14.9 Å². The van der Waals surface area contributed by atoms with E-state index in [1.54, 1.807) is 41.4 Å². The molecule has 3 N–H and O–H groups in total. The maximum atomic E-state index is 12.3. The van der Waals surface area contributed by atoms with Crippen LogP contribution in [0.25, 0.3) is 23.0 Å². The van der Waals surface area contributed by atoms with Gasteiger partial charge in [0.05, 0.1) is 25.5 Å². The van der Waals surface area contributed by atoms with Crippen molar-refractivity contribution in [3.8, 4) is 17.4 Å². The minimum atomic E-state index is -0.380. The molecule has 0 aliphatic carbocycles. The molecule has 0 saturated carbocycles. The number of pyridine rings is 1. The number of nitrogens with one attached hydrogen (secondary N) is 1. The first-order valence-corrected chi connectivity index (χ1v) is 9.45. The Morgan fingerprint density at radius 3 is 2.81 bits per heavy atom. The first-order valence-electron chi connectivity index (χ1n) is 9.45. The van der Waals surface area contributed by atoms with Gasteiger partial charge in [0.2, 0.25) is 5.88 Å². The van der Waals surface area contributed by atoms with Crippen LogP contribution in [0.4, 0.5) is 0 Å². The topological polar surface area (TPSA) is 113 Å². The molecule has 4 aromatic rings. The molecule has 0 radical (unpaired) electrons. The summed E-state index contributed by atoms with van der Waals surface area (Å²) in [4.78, 5) is 23.1. The molecule has 2 aromatic carbocycles. The molecule has 0 aliphatic rings. The second-order valence-electron chi connectivity index (χ2n) is 6.82. The smallest absolute Gasteiger partial charge is 0.258 e. The molecule has 8 heteroatoms. The van der Waals surface area contributed by atoms with Crippen molar-refractivity contribution in [2.75, 3.05) is 7.11 Å². The molecule has 156 valence electrons. The van der Waals surface area contributed by atoms with Crippen LogP contribution < -0.4 is 10.3 Å². The number of imidazole rings is 1. The molecular formula is C23H20N4O4. The van der Waals surface area contributed by atoms with E-state index in [2.05, 4.69) is 15.0 Å². The number of nitrogens with zero attached hydrogens (tertiary/aromatic N) is 3. The molecule has 0 spiro atoms. The van der Waals surface area contributed by atoms with Gasteiger partial charge < -0.3 is 19.5 Å². The van der Waals surface area contributed by atoms with Crippen LogP contribution in [0.15, 0.2) is 64.9 Å². The molecule has 31 heavy (non-hydrogen) atoms. The van der Waals surface area contributed by atoms with E-state index < -0.39 is 0 Å². The Morgan fingerprint density at radius 1 is 1.19 bits per heavy atom. The van der Waals surface area contributed by atoms with Crippen molar-refractivity contribution in [3.63, 3.8) is 0 Å². The zero-order valence-corrected chi connectivity index (χ0v) is 16.7. The third-order valence-corrected chi connectivity index (χ3v) is 4.77. The predicted molar refractivity (Wildman–Crippen MR) is 120 cm³/mol. The number of aromatic hydroxyl groups is 2. The minimum absolute atomic E-state index is 0.0295. The van der Waals surface area contributed by atoms with Crippen LogP contribution in [0.5, 0.6) is 17.4 Å². The minimum Gasteiger partial charge on any atom is -0.504 e. The number of rotatable bonds is 6. The Labute approximate surface area is 177 Å². The van der Waals surface area contributed by atoms with E-state index in [0.29, 0.717) is 22.1 Å². The molecule has 0 atom stereocenters. The normalized spacial score (nSPS) is 11.6. The number of hydrogen-bond acceptors (Lipinski definition) is 6. The van der Waals surface area contributed by atoms with E-state index in [1.807, 2.05) is 30.6 Å². The summed E-state index contributed by atoms with van der Waals surface area (Å²) in [5.41, 5.74) is 1.65. The zero-order valence-electron chi connectivity index (χ0n) is 16.7. The first kappa shape index (κ1) is 20.0. The van der Waals surface area contributed by atoms with Gasteiger partial charge in [0, 0.05) is 35.6 Å². The molecular weight excluding hydrogens is 396 g/mol. The summed E-state index contributed by atoms with van der Waals surface area (Å²) in [6.45, 7) is 0.276. The van der Waals surface area contributed by atoms with Gasteiger partial charge in [-0.15, -0.1) is 0 Å². The van der Waals surface area contributed by atoms with E-state index in [9.17, 15) is 15.0 Å². The molecule has 2 heterocycles. The molecule has 0 bridgehead atoms. The van der Waals surface area contributed by atoms with Crippen molar-refractivity contribution in [2.45, 2.75) is 6.54 Å². The van der Waals surface area contributed by atoms with Crippen molar-refractivity contribution >= 4 is 29.3 Å². The van der Waals surface area contributed by atoms with Gasteiger partial charge in [0.15, 0.2) is 11.5 Å². The summed E-state index contributed by atoms with van der Waals surface area (Å²) in [7, 11) is 1.48. The standard InChI is InChI=1S/C23H20N4O4/c1-31-21-5-3-16(11-20(21)28)12-25-13-19-18-10-15(6-8-27-9-7-24-14-27)2-4-17(18)22(29)26-23(19)30/h2-11,13-14,28H,12H2,1H3,(H2,26,29,30)/b8-6+,25-13?. The number of ether oxygens (including phenoxy) is 1. The van der Waals surface area contributed by atoms with E-state index in [0.717, 1.165) is 11.1 Å². The number of phenolic OH excluding ortho intramolecular Hbond substituents is 1. The maximum Gasteiger partial charge on any atom is 0.258 e. The third-order valence-electron chi connectivity index (χ3n) is 4.77. The number of hydrogen-bond donors (Lipinski definition) is 3. The summed E-state index contributed by atoms with van der Waals surface area (Å²) in [5.74, 6) is 0.157. The number of fused-ring (bicyclic) bond motifs is 1. The predicted octanol–water partition coefficient (Wildman–Crippen LogP) is 3.39. The fraction of sp³-hybridized carbons (Fsp3) is 0.0870. The summed E-state index contributed by atoms with van der Waals surface area (Å²) in [6, 6.07) is 10.4. The molecule has 8 nitrogen and oxygen atoms in total. The molecule has 0 amide bonds. The van der Waals surface area contributed by atoms with Crippen molar-refractivity contribution in [2.24, 2.45) is 4.99 Å². The number of benzene rings is 2. The van der Waals surface area contributed by atoms with Crippen LogP contribution in [-0.2, 0) is 6.54 Å². The molecule has 0 fully saturated rings. The highest BCUT2D eigenvalue weighted by Crippen LogP contribution is 2.27. The zero-order chi connectivity index (χ0) is 21.8. The number of aromatic amines is 1. The van der Waals surface area contributed by atoms with Gasteiger partial charge in [0.25, 0.3) is 5.56 Å². The second-order valence-corrected chi connectivity index (χ2v) is 6.82. The average molecular weight is 416 g/mol. The second kappa shape index (κ2) is 8.58. The Hall–Kier alpha value is -4.33. The summed E-state index contributed by atoms with van der Waals surface area (Å²) >= 11 is 0. The van der Waals surface area contributed by atoms with Gasteiger partial charge in [-0.25, -0.2) is 4.98 Å². The summed E-state index contributed by atoms with van der Waals surface area (Å²) in [6.07, 6.45) is 10.4. The van der Waals surface area contributed by atoms with Crippen LogP contribution >= 0.6 is 0 Å². The lowest BCUT2D eigenvalue weighted by molar-refractivity contribution is 0.373. The van der Waals surface area contributed by atoms with E-state index in [1.165, 1.54) is 13.3 Å². The maximum absolute atomic E-state index is 12.3. The third kappa shape index (κ3) is 4.32. The Morgan fingerprint density at radius 2 is 2.06 bits per heavy atom. The first-order chi connectivity index (χ1) is 15.0. The highest BCUT2D eigenvalue weighted by molar-refractivity contribution is 6.02. The van der Waals surface area contributed by atoms with Crippen molar-refractivity contribution in [1.29, 1.82) is 0 Å². The lowest BCUT2D eigenvalue weighted by Gasteiger charge is -2.07. The molecule has 0 unspecified atom stereocenters. The molecule has 4 rings (SSSR count). The fourth-order valence-electron chi connectivity index (χ4n) is 3.19. The van der Waals surface area contributed by atoms with E-state index >= 15 is 0 Å². The van der Waals surface area contributed by atoms with Gasteiger partial charge in [-0.1, -0.05) is 12.1 Å². The quantitative estimate of drug-likeness (QED) is 0.417. The number of H-pyrrole nitrogens is 1. The Balaban J connectivity index is 1.67. The van der Waals surface area contributed by atoms with Crippen LogP contribution in [0.2, 0.25) is 0 Å². The van der Waals surface area contributed by atoms with E-state index in [-0.39, 0.29) is 23.7 Å². The van der Waals surface area contributed by atoms with Crippen LogP contribution in [0, 0.1) is 0 Å².